The van der Waals surface area contributed by atoms with E-state index in [2.05, 4.69) is 274 Å². The largest absolute Gasteiger partial charge is 0.310 e. The molecular formula is C67H65N3. The molecule has 0 aromatic heterocycles. The first-order valence-corrected chi connectivity index (χ1v) is 25.3. The Kier molecular flexibility index (Phi) is 9.43. The van der Waals surface area contributed by atoms with Crippen molar-refractivity contribution in [1.29, 1.82) is 0 Å². The molecule has 3 nitrogen and oxygen atoms in total. The molecule has 0 unspecified atom stereocenters. The molecule has 3 aliphatic rings. The fraction of sp³-hybridized carbons (Fsp3) is 0.254. The van der Waals surface area contributed by atoms with Crippen LogP contribution in [-0.2, 0) is 27.1 Å². The molecule has 70 heavy (non-hydrogen) atoms. The van der Waals surface area contributed by atoms with Gasteiger partial charge in [0.15, 0.2) is 0 Å². The van der Waals surface area contributed by atoms with Crippen molar-refractivity contribution in [3.8, 4) is 0 Å². The van der Waals surface area contributed by atoms with Gasteiger partial charge in [-0.15, -0.1) is 0 Å². The highest BCUT2D eigenvalue weighted by molar-refractivity contribution is 6.01. The third-order valence-electron chi connectivity index (χ3n) is 16.4. The number of nitrogens with zero attached hydrogens (tertiary/aromatic N) is 3. The van der Waals surface area contributed by atoms with Gasteiger partial charge in [0, 0.05) is 50.4 Å². The van der Waals surface area contributed by atoms with E-state index in [1.165, 1.54) is 94.5 Å². The van der Waals surface area contributed by atoms with Crippen LogP contribution in [0.1, 0.15) is 128 Å². The second kappa shape index (κ2) is 15.0. The molecule has 3 heteroatoms. The van der Waals surface area contributed by atoms with E-state index in [4.69, 9.17) is 0 Å². The summed E-state index contributed by atoms with van der Waals surface area (Å²) >= 11 is 0. The molecule has 0 spiro atoms. The minimum Gasteiger partial charge on any atom is -0.310 e. The Balaban J connectivity index is 1.14. The van der Waals surface area contributed by atoms with Gasteiger partial charge in [0.05, 0.1) is 17.1 Å². The number of benzene rings is 9. The van der Waals surface area contributed by atoms with E-state index in [1.807, 2.05) is 0 Å². The number of anilines is 9. The maximum atomic E-state index is 2.70. The van der Waals surface area contributed by atoms with Crippen LogP contribution < -0.4 is 14.7 Å². The molecule has 0 saturated heterocycles. The highest BCUT2D eigenvalue weighted by atomic mass is 15.2. The Morgan fingerprint density at radius 2 is 0.614 bits per heavy atom. The predicted octanol–water partition coefficient (Wildman–Crippen LogP) is 18.9. The van der Waals surface area contributed by atoms with Crippen LogP contribution in [0.2, 0.25) is 0 Å². The van der Waals surface area contributed by atoms with Gasteiger partial charge in [-0.2, -0.15) is 0 Å². The average molecular weight is 912 g/mol. The molecule has 9 aromatic rings. The van der Waals surface area contributed by atoms with Crippen molar-refractivity contribution in [2.24, 2.45) is 0 Å². The number of hydrogen-bond acceptors (Lipinski definition) is 3. The first kappa shape index (κ1) is 44.1. The molecule has 348 valence electrons. The van der Waals surface area contributed by atoms with Crippen LogP contribution in [0.4, 0.5) is 51.2 Å². The molecule has 0 aliphatic carbocycles. The van der Waals surface area contributed by atoms with Crippen molar-refractivity contribution in [2.75, 3.05) is 14.7 Å². The van der Waals surface area contributed by atoms with Gasteiger partial charge < -0.3 is 14.7 Å². The second-order valence-electron chi connectivity index (χ2n) is 24.0. The van der Waals surface area contributed by atoms with E-state index < -0.39 is 5.41 Å². The zero-order chi connectivity index (χ0) is 48.9. The summed E-state index contributed by atoms with van der Waals surface area (Å²) < 4.78 is 0. The maximum Gasteiger partial charge on any atom is 0.0545 e. The van der Waals surface area contributed by atoms with Crippen LogP contribution >= 0.6 is 0 Å². The summed E-state index contributed by atoms with van der Waals surface area (Å²) in [5.41, 5.74) is 20.8. The SMILES string of the molecule is CC(C)(C)c1ccc(N(c2cc3c4c(c2)C(C)(C)c2cc(N(c5ccc(C(C)(C)C)cc5)c5ccc6ccccc6c5)cc5c2N4c2c(cccc2C5(C)C)C3(C)C)c2ccc3ccccc3c2)cc1. The second-order valence-corrected chi connectivity index (χ2v) is 24.0. The van der Waals surface area contributed by atoms with E-state index in [1.54, 1.807) is 0 Å². The third-order valence-corrected chi connectivity index (χ3v) is 16.4. The Morgan fingerprint density at radius 1 is 0.300 bits per heavy atom. The van der Waals surface area contributed by atoms with Gasteiger partial charge in [-0.25, -0.2) is 0 Å². The van der Waals surface area contributed by atoms with Crippen molar-refractivity contribution >= 4 is 72.7 Å². The first-order chi connectivity index (χ1) is 33.2. The molecule has 3 heterocycles. The van der Waals surface area contributed by atoms with Gasteiger partial charge in [-0.05, 0) is 150 Å². The van der Waals surface area contributed by atoms with Crippen LogP contribution in [0.3, 0.4) is 0 Å². The fourth-order valence-corrected chi connectivity index (χ4v) is 12.2. The monoisotopic (exact) mass is 912 g/mol. The molecule has 9 aromatic carbocycles. The fourth-order valence-electron chi connectivity index (χ4n) is 12.2. The highest BCUT2D eigenvalue weighted by Gasteiger charge is 2.52. The molecule has 12 rings (SSSR count). The molecule has 0 radical (unpaired) electrons. The van der Waals surface area contributed by atoms with Crippen molar-refractivity contribution in [3.05, 3.63) is 220 Å². The number of para-hydroxylation sites is 1. The van der Waals surface area contributed by atoms with Crippen molar-refractivity contribution in [2.45, 2.75) is 110 Å². The number of rotatable bonds is 6. The Bertz CT molecular complexity index is 3360. The summed E-state index contributed by atoms with van der Waals surface area (Å²) in [6.07, 6.45) is 0. The predicted molar refractivity (Wildman–Crippen MR) is 299 cm³/mol. The van der Waals surface area contributed by atoms with Crippen LogP contribution in [0, 0.1) is 0 Å². The Labute approximate surface area is 416 Å². The summed E-state index contributed by atoms with van der Waals surface area (Å²) in [5.74, 6) is 0. The lowest BCUT2D eigenvalue weighted by Crippen LogP contribution is -2.44. The highest BCUT2D eigenvalue weighted by Crippen LogP contribution is 2.67. The topological polar surface area (TPSA) is 9.72 Å². The molecule has 0 N–H and O–H groups in total. The van der Waals surface area contributed by atoms with Gasteiger partial charge in [0.1, 0.15) is 0 Å². The standard InChI is InChI=1S/C67H65N3/c1-63(2,3)46-26-32-48(33-27-46)68(50-30-24-42-18-13-15-20-44(42)36-50)52-38-56-61-58(40-52)67(11,12)59-41-53(39-57-62(59)70(61)60-54(65(56,7)8)22-17-23-55(60)66(57,9)10)69(49-34-28-47(29-35-49)64(4,5)6)51-31-25-43-19-14-16-21-45(43)37-51/h13-41H,1-12H3. The van der Waals surface area contributed by atoms with Crippen LogP contribution in [0.5, 0.6) is 0 Å². The van der Waals surface area contributed by atoms with Gasteiger partial charge in [0.25, 0.3) is 0 Å². The summed E-state index contributed by atoms with van der Waals surface area (Å²) in [7, 11) is 0. The third kappa shape index (κ3) is 6.53. The molecule has 0 amide bonds. The first-order valence-electron chi connectivity index (χ1n) is 25.3. The van der Waals surface area contributed by atoms with Crippen LogP contribution in [-0.4, -0.2) is 0 Å². The quantitative estimate of drug-likeness (QED) is 0.165. The lowest BCUT2D eigenvalue weighted by Gasteiger charge is -2.55. The minimum absolute atomic E-state index is 0.0382. The smallest absolute Gasteiger partial charge is 0.0545 e. The molecule has 0 fully saturated rings. The summed E-state index contributed by atoms with van der Waals surface area (Å²) in [5, 5.41) is 4.94. The van der Waals surface area contributed by atoms with Gasteiger partial charge in [0.2, 0.25) is 0 Å². The van der Waals surface area contributed by atoms with E-state index in [9.17, 15) is 0 Å². The molecular weight excluding hydrogens is 847 g/mol. The lowest BCUT2D eigenvalue weighted by molar-refractivity contribution is 0.567. The summed E-state index contributed by atoms with van der Waals surface area (Å²) in [6, 6.07) is 67.2. The average Bonchev–Trinajstić information content (AvgIpc) is 3.33. The number of fused-ring (bicyclic) bond motifs is 2. The van der Waals surface area contributed by atoms with Crippen molar-refractivity contribution < 1.29 is 0 Å². The number of hydrogen-bond donors (Lipinski definition) is 0. The minimum atomic E-state index is -0.400. The maximum absolute atomic E-state index is 2.70. The molecule has 3 aliphatic heterocycles. The molecule has 0 bridgehead atoms. The summed E-state index contributed by atoms with van der Waals surface area (Å²) in [6.45, 7) is 28.6. The zero-order valence-corrected chi connectivity index (χ0v) is 43.1. The lowest BCUT2D eigenvalue weighted by atomic mass is 9.60. The van der Waals surface area contributed by atoms with E-state index in [0.29, 0.717) is 0 Å². The van der Waals surface area contributed by atoms with Gasteiger partial charge in [-0.1, -0.05) is 186 Å². The van der Waals surface area contributed by atoms with Crippen LogP contribution in [0.25, 0.3) is 21.5 Å². The molecule has 0 atom stereocenters. The van der Waals surface area contributed by atoms with E-state index in [0.717, 1.165) is 22.7 Å². The van der Waals surface area contributed by atoms with Crippen LogP contribution in [0.15, 0.2) is 176 Å². The summed E-state index contributed by atoms with van der Waals surface area (Å²) in [4.78, 5) is 7.71. The Hall–Kier alpha value is -7.10. The van der Waals surface area contributed by atoms with E-state index in [-0.39, 0.29) is 21.7 Å². The van der Waals surface area contributed by atoms with E-state index >= 15 is 0 Å². The van der Waals surface area contributed by atoms with Gasteiger partial charge in [-0.3, -0.25) is 0 Å². The van der Waals surface area contributed by atoms with Gasteiger partial charge >= 0.3 is 0 Å². The molecule has 0 saturated carbocycles. The van der Waals surface area contributed by atoms with Crippen molar-refractivity contribution in [1.82, 2.24) is 0 Å². The Morgan fingerprint density at radius 3 is 0.971 bits per heavy atom. The normalized spacial score (nSPS) is 15.7. The zero-order valence-electron chi connectivity index (χ0n) is 43.1. The van der Waals surface area contributed by atoms with Crippen molar-refractivity contribution in [3.63, 3.8) is 0 Å².